The van der Waals surface area contributed by atoms with Gasteiger partial charge in [0.15, 0.2) is 0 Å². The van der Waals surface area contributed by atoms with Gasteiger partial charge < -0.3 is 4.90 Å². The lowest BCUT2D eigenvalue weighted by Gasteiger charge is -2.34. The van der Waals surface area contributed by atoms with E-state index in [1.54, 1.807) is 11.0 Å². The summed E-state index contributed by atoms with van der Waals surface area (Å²) in [5.74, 6) is -0.0393. The number of hydrogen-bond acceptors (Lipinski definition) is 3. The van der Waals surface area contributed by atoms with Crippen LogP contribution in [-0.4, -0.2) is 53.4 Å². The molecule has 0 N–H and O–H groups in total. The maximum Gasteiger partial charge on any atom is 0.258 e. The number of rotatable bonds is 3. The molecule has 1 saturated heterocycles. The molecule has 2 fully saturated rings. The van der Waals surface area contributed by atoms with Crippen LogP contribution in [0.4, 0.5) is 4.39 Å². The first-order valence-electron chi connectivity index (χ1n) is 6.86. The largest absolute Gasteiger partial charge is 0.336 e. The Morgan fingerprint density at radius 2 is 2.05 bits per heavy atom. The van der Waals surface area contributed by atoms with Crippen molar-refractivity contribution in [3.05, 3.63) is 29.8 Å². The van der Waals surface area contributed by atoms with Crippen molar-refractivity contribution in [1.82, 2.24) is 14.8 Å². The normalized spacial score (nSPS) is 20.6. The Labute approximate surface area is 112 Å². The molecule has 2 aliphatic rings. The van der Waals surface area contributed by atoms with Crippen LogP contribution in [0.15, 0.2) is 18.3 Å². The van der Waals surface area contributed by atoms with Crippen molar-refractivity contribution in [1.29, 1.82) is 0 Å². The highest BCUT2D eigenvalue weighted by atomic mass is 19.1. The summed E-state index contributed by atoms with van der Waals surface area (Å²) < 4.78 is 13.5. The summed E-state index contributed by atoms with van der Waals surface area (Å²) >= 11 is 0. The van der Waals surface area contributed by atoms with Crippen LogP contribution in [0.3, 0.4) is 0 Å². The molecular formula is C14H18FN3O. The van der Waals surface area contributed by atoms with Crippen molar-refractivity contribution >= 4 is 5.91 Å². The van der Waals surface area contributed by atoms with Gasteiger partial charge in [-0.05, 0) is 30.9 Å². The SMILES string of the molecule is O=C(c1cccnc1F)N1CCN(CC2CC2)CC1. The summed E-state index contributed by atoms with van der Waals surface area (Å²) in [7, 11) is 0. The van der Waals surface area contributed by atoms with Crippen molar-refractivity contribution in [3.63, 3.8) is 0 Å². The van der Waals surface area contributed by atoms with Gasteiger partial charge in [-0.15, -0.1) is 0 Å². The first kappa shape index (κ1) is 12.5. The van der Waals surface area contributed by atoms with Crippen LogP contribution in [0.5, 0.6) is 0 Å². The van der Waals surface area contributed by atoms with E-state index in [4.69, 9.17) is 0 Å². The zero-order valence-corrected chi connectivity index (χ0v) is 10.9. The van der Waals surface area contributed by atoms with Gasteiger partial charge in [-0.25, -0.2) is 4.98 Å². The number of hydrogen-bond donors (Lipinski definition) is 0. The van der Waals surface area contributed by atoms with Crippen LogP contribution in [0.25, 0.3) is 0 Å². The number of pyridine rings is 1. The van der Waals surface area contributed by atoms with Crippen LogP contribution in [0.2, 0.25) is 0 Å². The molecule has 19 heavy (non-hydrogen) atoms. The number of aromatic nitrogens is 1. The third-order valence-corrected chi connectivity index (χ3v) is 3.86. The second kappa shape index (κ2) is 5.25. The van der Waals surface area contributed by atoms with Gasteiger partial charge in [-0.3, -0.25) is 9.69 Å². The molecule has 1 amide bonds. The topological polar surface area (TPSA) is 36.4 Å². The van der Waals surface area contributed by atoms with Crippen LogP contribution in [-0.2, 0) is 0 Å². The van der Waals surface area contributed by atoms with E-state index in [0.29, 0.717) is 13.1 Å². The highest BCUT2D eigenvalue weighted by Crippen LogP contribution is 2.29. The summed E-state index contributed by atoms with van der Waals surface area (Å²) in [5.41, 5.74) is 0.0816. The van der Waals surface area contributed by atoms with Gasteiger partial charge in [0, 0.05) is 38.9 Å². The lowest BCUT2D eigenvalue weighted by atomic mass is 10.2. The zero-order chi connectivity index (χ0) is 13.2. The van der Waals surface area contributed by atoms with Gasteiger partial charge in [0.05, 0.1) is 5.56 Å². The Hall–Kier alpha value is -1.49. The fourth-order valence-corrected chi connectivity index (χ4v) is 2.52. The first-order valence-corrected chi connectivity index (χ1v) is 6.86. The maximum atomic E-state index is 13.5. The maximum absolute atomic E-state index is 13.5. The first-order chi connectivity index (χ1) is 9.24. The fraction of sp³-hybridized carbons (Fsp3) is 0.571. The van der Waals surface area contributed by atoms with E-state index < -0.39 is 5.95 Å². The highest BCUT2D eigenvalue weighted by Gasteiger charge is 2.28. The van der Waals surface area contributed by atoms with Crippen LogP contribution < -0.4 is 0 Å². The molecule has 1 aromatic rings. The Bertz CT molecular complexity index is 468. The summed E-state index contributed by atoms with van der Waals surface area (Å²) in [6.45, 7) is 4.30. The number of nitrogens with zero attached hydrogens (tertiary/aromatic N) is 3. The van der Waals surface area contributed by atoms with E-state index in [1.807, 2.05) is 0 Å². The quantitative estimate of drug-likeness (QED) is 0.773. The molecule has 0 aromatic carbocycles. The van der Waals surface area contributed by atoms with E-state index in [-0.39, 0.29) is 11.5 Å². The van der Waals surface area contributed by atoms with E-state index in [1.165, 1.54) is 25.1 Å². The predicted octanol–water partition coefficient (Wildman–Crippen LogP) is 1.39. The van der Waals surface area contributed by atoms with Crippen molar-refractivity contribution < 1.29 is 9.18 Å². The number of piperazine rings is 1. The average molecular weight is 263 g/mol. The second-order valence-corrected chi connectivity index (χ2v) is 5.38. The van der Waals surface area contributed by atoms with E-state index in [9.17, 15) is 9.18 Å². The Morgan fingerprint density at radius 3 is 2.68 bits per heavy atom. The van der Waals surface area contributed by atoms with Crippen LogP contribution >= 0.6 is 0 Å². The number of carbonyl (C=O) groups is 1. The van der Waals surface area contributed by atoms with E-state index in [0.717, 1.165) is 25.6 Å². The van der Waals surface area contributed by atoms with Gasteiger partial charge in [-0.2, -0.15) is 4.39 Å². The molecule has 5 heteroatoms. The van der Waals surface area contributed by atoms with Gasteiger partial charge in [0.2, 0.25) is 5.95 Å². The second-order valence-electron chi connectivity index (χ2n) is 5.38. The molecule has 1 saturated carbocycles. The molecule has 0 spiro atoms. The molecule has 0 bridgehead atoms. The van der Waals surface area contributed by atoms with Crippen molar-refractivity contribution in [2.45, 2.75) is 12.8 Å². The molecule has 102 valence electrons. The highest BCUT2D eigenvalue weighted by molar-refractivity contribution is 5.94. The van der Waals surface area contributed by atoms with Crippen LogP contribution in [0.1, 0.15) is 23.2 Å². The number of halogens is 1. The molecule has 3 rings (SSSR count). The molecule has 1 aliphatic carbocycles. The minimum atomic E-state index is -0.673. The summed E-state index contributed by atoms with van der Waals surface area (Å²) in [4.78, 5) is 19.9. The Kier molecular flexibility index (Phi) is 3.46. The Balaban J connectivity index is 1.58. The molecule has 2 heterocycles. The lowest BCUT2D eigenvalue weighted by molar-refractivity contribution is 0.0626. The van der Waals surface area contributed by atoms with E-state index >= 15 is 0 Å². The minimum Gasteiger partial charge on any atom is -0.336 e. The van der Waals surface area contributed by atoms with Gasteiger partial charge in [0.25, 0.3) is 5.91 Å². The summed E-state index contributed by atoms with van der Waals surface area (Å²) in [5, 5.41) is 0. The molecule has 0 unspecified atom stereocenters. The van der Waals surface area contributed by atoms with E-state index in [2.05, 4.69) is 9.88 Å². The standard InChI is InChI=1S/C14H18FN3O/c15-13-12(2-1-5-16-13)14(19)18-8-6-17(7-9-18)10-11-3-4-11/h1-2,5,11H,3-4,6-10H2. The van der Waals surface area contributed by atoms with Crippen molar-refractivity contribution in [2.75, 3.05) is 32.7 Å². The molecule has 0 atom stereocenters. The van der Waals surface area contributed by atoms with Gasteiger partial charge in [0.1, 0.15) is 0 Å². The summed E-state index contributed by atoms with van der Waals surface area (Å²) in [6, 6.07) is 3.10. The monoisotopic (exact) mass is 263 g/mol. The zero-order valence-electron chi connectivity index (χ0n) is 10.9. The van der Waals surface area contributed by atoms with Crippen molar-refractivity contribution in [2.24, 2.45) is 5.92 Å². The lowest BCUT2D eigenvalue weighted by Crippen LogP contribution is -2.49. The number of carbonyl (C=O) groups excluding carboxylic acids is 1. The Morgan fingerprint density at radius 1 is 1.32 bits per heavy atom. The molecule has 1 aliphatic heterocycles. The van der Waals surface area contributed by atoms with Crippen LogP contribution in [0, 0.1) is 11.9 Å². The number of amides is 1. The molecule has 1 aromatic heterocycles. The molecular weight excluding hydrogens is 245 g/mol. The van der Waals surface area contributed by atoms with Crippen molar-refractivity contribution in [3.8, 4) is 0 Å². The minimum absolute atomic E-state index is 0.0816. The average Bonchev–Trinajstić information content (AvgIpc) is 3.23. The molecule has 4 nitrogen and oxygen atoms in total. The fourth-order valence-electron chi connectivity index (χ4n) is 2.52. The molecule has 0 radical (unpaired) electrons. The van der Waals surface area contributed by atoms with Gasteiger partial charge >= 0.3 is 0 Å². The predicted molar refractivity (Wildman–Crippen MR) is 69.3 cm³/mol. The van der Waals surface area contributed by atoms with Gasteiger partial charge in [-0.1, -0.05) is 0 Å². The smallest absolute Gasteiger partial charge is 0.258 e. The summed E-state index contributed by atoms with van der Waals surface area (Å²) in [6.07, 6.45) is 4.06. The third kappa shape index (κ3) is 2.92. The third-order valence-electron chi connectivity index (χ3n) is 3.86.